The number of halogens is 3. The molecule has 0 saturated carbocycles. The van der Waals surface area contributed by atoms with E-state index in [-0.39, 0.29) is 9.90 Å². The number of benzene rings is 1. The fourth-order valence-corrected chi connectivity index (χ4v) is 4.12. The van der Waals surface area contributed by atoms with Crippen LogP contribution < -0.4 is 4.72 Å². The van der Waals surface area contributed by atoms with Gasteiger partial charge in [0.25, 0.3) is 10.0 Å². The summed E-state index contributed by atoms with van der Waals surface area (Å²) in [4.78, 5) is 0. The van der Waals surface area contributed by atoms with Crippen molar-refractivity contribution in [1.29, 1.82) is 0 Å². The van der Waals surface area contributed by atoms with Crippen molar-refractivity contribution < 1.29 is 17.2 Å². The van der Waals surface area contributed by atoms with E-state index in [0.29, 0.717) is 10.5 Å². The molecule has 0 bridgehead atoms. The standard InChI is InChI=1S/C10H6BrF2NO2S2/c11-6-3-10(17-5-6)18(15,16)14-9-2-1-7(12)4-8(9)13/h1-5,14H. The Hall–Kier alpha value is -0.990. The van der Waals surface area contributed by atoms with E-state index in [1.807, 2.05) is 0 Å². The van der Waals surface area contributed by atoms with Crippen molar-refractivity contribution in [2.45, 2.75) is 4.21 Å². The second-order valence-corrected chi connectivity index (χ2v) is 7.05. The van der Waals surface area contributed by atoms with E-state index in [4.69, 9.17) is 0 Å². The van der Waals surface area contributed by atoms with Crippen LogP contribution in [0.1, 0.15) is 0 Å². The topological polar surface area (TPSA) is 46.2 Å². The number of thiophene rings is 1. The molecule has 3 nitrogen and oxygen atoms in total. The predicted molar refractivity (Wildman–Crippen MR) is 69.2 cm³/mol. The molecule has 0 atom stereocenters. The highest BCUT2D eigenvalue weighted by molar-refractivity contribution is 9.10. The summed E-state index contributed by atoms with van der Waals surface area (Å²) in [6, 6.07) is 4.02. The summed E-state index contributed by atoms with van der Waals surface area (Å²) in [7, 11) is -3.85. The molecule has 8 heteroatoms. The van der Waals surface area contributed by atoms with Gasteiger partial charge in [-0.1, -0.05) is 0 Å². The Labute approximate surface area is 115 Å². The van der Waals surface area contributed by atoms with Crippen molar-refractivity contribution in [2.24, 2.45) is 0 Å². The first kappa shape index (κ1) is 13.4. The zero-order chi connectivity index (χ0) is 13.3. The first-order chi connectivity index (χ1) is 8.38. The number of hydrogen-bond acceptors (Lipinski definition) is 3. The fourth-order valence-electron chi connectivity index (χ4n) is 1.20. The Morgan fingerprint density at radius 2 is 1.94 bits per heavy atom. The third-order valence-electron chi connectivity index (χ3n) is 1.98. The fraction of sp³-hybridized carbons (Fsp3) is 0. The van der Waals surface area contributed by atoms with Crippen molar-refractivity contribution in [2.75, 3.05) is 4.72 Å². The molecule has 1 aromatic carbocycles. The molecule has 0 aliphatic heterocycles. The third kappa shape index (κ3) is 2.88. The second kappa shape index (κ2) is 4.94. The predicted octanol–water partition coefficient (Wildman–Crippen LogP) is 3.59. The number of rotatable bonds is 3. The Bertz CT molecular complexity index is 685. The van der Waals surface area contributed by atoms with Gasteiger partial charge >= 0.3 is 0 Å². The molecule has 1 N–H and O–H groups in total. The number of nitrogens with one attached hydrogen (secondary N) is 1. The number of sulfonamides is 1. The lowest BCUT2D eigenvalue weighted by atomic mass is 10.3. The van der Waals surface area contributed by atoms with Crippen LogP contribution in [0.4, 0.5) is 14.5 Å². The molecule has 0 saturated heterocycles. The first-order valence-corrected chi connectivity index (χ1v) is 7.76. The van der Waals surface area contributed by atoms with Crippen LogP contribution in [0.25, 0.3) is 0 Å². The maximum absolute atomic E-state index is 13.3. The Morgan fingerprint density at radius 3 is 2.50 bits per heavy atom. The van der Waals surface area contributed by atoms with E-state index in [0.717, 1.165) is 23.5 Å². The van der Waals surface area contributed by atoms with Gasteiger partial charge in [0.15, 0.2) is 0 Å². The Kier molecular flexibility index (Phi) is 3.69. The van der Waals surface area contributed by atoms with Gasteiger partial charge in [0.2, 0.25) is 0 Å². The molecule has 0 aliphatic carbocycles. The summed E-state index contributed by atoms with van der Waals surface area (Å²) in [5.41, 5.74) is -0.291. The molecule has 18 heavy (non-hydrogen) atoms. The summed E-state index contributed by atoms with van der Waals surface area (Å²) in [6.45, 7) is 0. The maximum atomic E-state index is 13.3. The van der Waals surface area contributed by atoms with Gasteiger partial charge in [0.1, 0.15) is 15.8 Å². The average Bonchev–Trinajstić information content (AvgIpc) is 2.70. The SMILES string of the molecule is O=S(=O)(Nc1ccc(F)cc1F)c1cc(Br)cs1. The minimum atomic E-state index is -3.85. The van der Waals surface area contributed by atoms with E-state index in [1.165, 1.54) is 6.07 Å². The highest BCUT2D eigenvalue weighted by Gasteiger charge is 2.18. The monoisotopic (exact) mass is 353 g/mol. The van der Waals surface area contributed by atoms with Crippen LogP contribution in [0.5, 0.6) is 0 Å². The van der Waals surface area contributed by atoms with Gasteiger partial charge < -0.3 is 0 Å². The van der Waals surface area contributed by atoms with E-state index in [9.17, 15) is 17.2 Å². The minimum Gasteiger partial charge on any atom is -0.276 e. The molecule has 2 aromatic rings. The van der Waals surface area contributed by atoms with Gasteiger partial charge in [-0.3, -0.25) is 4.72 Å². The zero-order valence-electron chi connectivity index (χ0n) is 8.65. The first-order valence-electron chi connectivity index (χ1n) is 4.60. The van der Waals surface area contributed by atoms with Gasteiger partial charge in [-0.05, 0) is 34.1 Å². The van der Waals surface area contributed by atoms with Crippen molar-refractivity contribution in [3.63, 3.8) is 0 Å². The van der Waals surface area contributed by atoms with E-state index in [2.05, 4.69) is 20.7 Å². The molecule has 96 valence electrons. The molecule has 0 amide bonds. The second-order valence-electron chi connectivity index (χ2n) is 3.31. The molecular weight excluding hydrogens is 348 g/mol. The summed E-state index contributed by atoms with van der Waals surface area (Å²) in [6.07, 6.45) is 0. The van der Waals surface area contributed by atoms with Gasteiger partial charge in [0, 0.05) is 15.9 Å². The molecule has 1 heterocycles. The van der Waals surface area contributed by atoms with Crippen LogP contribution in [0.3, 0.4) is 0 Å². The third-order valence-corrected chi connectivity index (χ3v) is 5.55. The van der Waals surface area contributed by atoms with Gasteiger partial charge in [0.05, 0.1) is 5.69 Å². The summed E-state index contributed by atoms with van der Waals surface area (Å²) < 4.78 is 52.5. The lowest BCUT2D eigenvalue weighted by molar-refractivity contribution is 0.583. The number of anilines is 1. The van der Waals surface area contributed by atoms with Crippen molar-refractivity contribution in [3.05, 3.63) is 45.8 Å². The van der Waals surface area contributed by atoms with Crippen LogP contribution in [0.15, 0.2) is 38.3 Å². The minimum absolute atomic E-state index is 0.0399. The molecule has 2 rings (SSSR count). The lowest BCUT2D eigenvalue weighted by Crippen LogP contribution is -2.12. The highest BCUT2D eigenvalue weighted by Crippen LogP contribution is 2.26. The van der Waals surface area contributed by atoms with Crippen LogP contribution in [-0.2, 0) is 10.0 Å². The van der Waals surface area contributed by atoms with Crippen LogP contribution in [0.2, 0.25) is 0 Å². The van der Waals surface area contributed by atoms with Crippen LogP contribution in [0, 0.1) is 11.6 Å². The average molecular weight is 354 g/mol. The van der Waals surface area contributed by atoms with Crippen LogP contribution >= 0.6 is 27.3 Å². The number of hydrogen-bond donors (Lipinski definition) is 1. The van der Waals surface area contributed by atoms with Gasteiger partial charge in [-0.2, -0.15) is 0 Å². The molecule has 0 aliphatic rings. The Morgan fingerprint density at radius 1 is 1.22 bits per heavy atom. The lowest BCUT2D eigenvalue weighted by Gasteiger charge is -2.06. The molecular formula is C10H6BrF2NO2S2. The van der Waals surface area contributed by atoms with E-state index >= 15 is 0 Å². The molecule has 0 fully saturated rings. The molecule has 0 radical (unpaired) electrons. The van der Waals surface area contributed by atoms with Crippen molar-refractivity contribution in [1.82, 2.24) is 0 Å². The zero-order valence-corrected chi connectivity index (χ0v) is 11.9. The maximum Gasteiger partial charge on any atom is 0.271 e. The van der Waals surface area contributed by atoms with Gasteiger partial charge in [-0.25, -0.2) is 17.2 Å². The van der Waals surface area contributed by atoms with E-state index in [1.54, 1.807) is 5.38 Å². The Balaban J connectivity index is 2.33. The smallest absolute Gasteiger partial charge is 0.271 e. The quantitative estimate of drug-likeness (QED) is 0.916. The highest BCUT2D eigenvalue weighted by atomic mass is 79.9. The molecule has 1 aromatic heterocycles. The normalized spacial score (nSPS) is 11.5. The van der Waals surface area contributed by atoms with E-state index < -0.39 is 21.7 Å². The summed E-state index contributed by atoms with van der Waals surface area (Å²) in [5, 5.41) is 1.59. The van der Waals surface area contributed by atoms with Crippen LogP contribution in [-0.4, -0.2) is 8.42 Å². The molecule has 0 spiro atoms. The largest absolute Gasteiger partial charge is 0.276 e. The van der Waals surface area contributed by atoms with Crippen molar-refractivity contribution in [3.8, 4) is 0 Å². The summed E-state index contributed by atoms with van der Waals surface area (Å²) in [5.74, 6) is -1.73. The molecule has 0 unspecified atom stereocenters. The van der Waals surface area contributed by atoms with Crippen molar-refractivity contribution >= 4 is 43.0 Å². The summed E-state index contributed by atoms with van der Waals surface area (Å²) >= 11 is 4.12. The van der Waals surface area contributed by atoms with Gasteiger partial charge in [-0.15, -0.1) is 11.3 Å².